The van der Waals surface area contributed by atoms with E-state index in [4.69, 9.17) is 5.73 Å². The molecule has 0 fully saturated rings. The summed E-state index contributed by atoms with van der Waals surface area (Å²) in [5.41, 5.74) is 8.72. The Balaban J connectivity index is 4.02. The quantitative estimate of drug-likeness (QED) is 0.295. The summed E-state index contributed by atoms with van der Waals surface area (Å²) in [4.78, 5) is 10.6. The third kappa shape index (κ3) is 5.79. The van der Waals surface area contributed by atoms with Crippen molar-refractivity contribution < 1.29 is 4.79 Å². The smallest absolute Gasteiger partial charge is 0.177 e. The van der Waals surface area contributed by atoms with Crippen molar-refractivity contribution in [2.45, 2.75) is 13.8 Å². The normalized spacial score (nSPS) is 12.9. The van der Waals surface area contributed by atoms with Gasteiger partial charge < -0.3 is 5.73 Å². The Morgan fingerprint density at radius 3 is 2.58 bits per heavy atom. The molecule has 0 aliphatic carbocycles. The number of nitrogens with two attached hydrogens (primary N) is 1. The molecule has 0 spiro atoms. The predicted octanol–water partition coefficient (Wildman–Crippen LogP) is 0.661. The number of hydrazone groups is 1. The Bertz CT molecular complexity index is 223. The molecule has 0 aromatic rings. The van der Waals surface area contributed by atoms with Crippen molar-refractivity contribution in [3.63, 3.8) is 0 Å². The van der Waals surface area contributed by atoms with E-state index in [0.29, 0.717) is 10.9 Å². The number of hydrogen-bond acceptors (Lipinski definition) is 4. The van der Waals surface area contributed by atoms with E-state index in [1.807, 2.05) is 6.26 Å². The Morgan fingerprint density at radius 1 is 1.58 bits per heavy atom. The summed E-state index contributed by atoms with van der Waals surface area (Å²) in [5.74, 6) is -0.0158. The molecule has 5 heteroatoms. The second-order valence-corrected chi connectivity index (χ2v) is 3.03. The highest BCUT2D eigenvalue weighted by Crippen LogP contribution is 1.91. The highest BCUT2D eigenvalue weighted by molar-refractivity contribution is 8.13. The third-order valence-electron chi connectivity index (χ3n) is 0.971. The topological polar surface area (TPSA) is 67.5 Å². The molecule has 4 nitrogen and oxygen atoms in total. The van der Waals surface area contributed by atoms with Crippen molar-refractivity contribution in [1.82, 2.24) is 5.43 Å². The van der Waals surface area contributed by atoms with Crippen LogP contribution in [0.1, 0.15) is 13.8 Å². The van der Waals surface area contributed by atoms with Gasteiger partial charge in [-0.05, 0) is 20.1 Å². The summed E-state index contributed by atoms with van der Waals surface area (Å²) in [6.07, 6.45) is 3.28. The standard InChI is InChI=1S/C7H13N3OS/c1-5(4-6(2)11)9-10-7(8)12-3/h4,9H,1-3H3,(H2,8,10)/b5-4-. The van der Waals surface area contributed by atoms with Crippen molar-refractivity contribution >= 4 is 22.7 Å². The molecular weight excluding hydrogens is 174 g/mol. The zero-order valence-electron chi connectivity index (χ0n) is 7.42. The minimum Gasteiger partial charge on any atom is -0.377 e. The number of nitrogens with zero attached hydrogens (tertiary/aromatic N) is 1. The zero-order valence-corrected chi connectivity index (χ0v) is 8.23. The van der Waals surface area contributed by atoms with E-state index in [0.717, 1.165) is 0 Å². The molecule has 0 atom stereocenters. The molecule has 0 saturated carbocycles. The third-order valence-corrected chi connectivity index (χ3v) is 1.48. The molecule has 0 bridgehead atoms. The number of carbonyl (C=O) groups excluding carboxylic acids is 1. The number of nitrogens with one attached hydrogen (secondary N) is 1. The second kappa shape index (κ2) is 5.65. The summed E-state index contributed by atoms with van der Waals surface area (Å²) in [7, 11) is 0. The molecule has 0 aliphatic heterocycles. The SMILES string of the molecule is CS/C(N)=N/N/C(C)=C\C(C)=O. The average molecular weight is 187 g/mol. The minimum atomic E-state index is -0.0158. The van der Waals surface area contributed by atoms with Crippen molar-refractivity contribution in [3.05, 3.63) is 11.8 Å². The van der Waals surface area contributed by atoms with Gasteiger partial charge in [-0.3, -0.25) is 10.2 Å². The van der Waals surface area contributed by atoms with E-state index < -0.39 is 0 Å². The van der Waals surface area contributed by atoms with Crippen molar-refractivity contribution in [2.24, 2.45) is 10.8 Å². The van der Waals surface area contributed by atoms with Crippen LogP contribution in [0, 0.1) is 0 Å². The van der Waals surface area contributed by atoms with Crippen molar-refractivity contribution in [2.75, 3.05) is 6.26 Å². The van der Waals surface area contributed by atoms with Gasteiger partial charge in [0.1, 0.15) is 0 Å². The van der Waals surface area contributed by atoms with Gasteiger partial charge in [0.05, 0.1) is 0 Å². The van der Waals surface area contributed by atoms with Gasteiger partial charge in [-0.25, -0.2) is 0 Å². The number of thioether (sulfide) groups is 1. The number of rotatable bonds is 3. The van der Waals surface area contributed by atoms with Crippen LogP contribution in [0.5, 0.6) is 0 Å². The lowest BCUT2D eigenvalue weighted by Gasteiger charge is -1.99. The van der Waals surface area contributed by atoms with Crippen LogP contribution in [0.2, 0.25) is 0 Å². The summed E-state index contributed by atoms with van der Waals surface area (Å²) >= 11 is 1.34. The predicted molar refractivity (Wildman–Crippen MR) is 52.7 cm³/mol. The van der Waals surface area contributed by atoms with Crippen LogP contribution in [0.4, 0.5) is 0 Å². The van der Waals surface area contributed by atoms with Crippen LogP contribution in [-0.4, -0.2) is 17.2 Å². The van der Waals surface area contributed by atoms with E-state index in [9.17, 15) is 4.79 Å². The maximum atomic E-state index is 10.6. The largest absolute Gasteiger partial charge is 0.377 e. The monoisotopic (exact) mass is 187 g/mol. The highest BCUT2D eigenvalue weighted by atomic mass is 32.2. The molecule has 0 saturated heterocycles. The lowest BCUT2D eigenvalue weighted by molar-refractivity contribution is -0.112. The van der Waals surface area contributed by atoms with Gasteiger partial charge in [0.25, 0.3) is 0 Å². The van der Waals surface area contributed by atoms with Crippen LogP contribution in [0.3, 0.4) is 0 Å². The zero-order chi connectivity index (χ0) is 9.56. The lowest BCUT2D eigenvalue weighted by Crippen LogP contribution is -2.13. The molecule has 0 amide bonds. The lowest BCUT2D eigenvalue weighted by atomic mass is 10.3. The molecule has 68 valence electrons. The summed E-state index contributed by atoms with van der Waals surface area (Å²) in [6, 6.07) is 0. The number of hydrogen-bond donors (Lipinski definition) is 2. The number of allylic oxidation sites excluding steroid dienone is 2. The minimum absolute atomic E-state index is 0.0158. The van der Waals surface area contributed by atoms with Gasteiger partial charge in [0.2, 0.25) is 0 Å². The Labute approximate surface area is 76.3 Å². The van der Waals surface area contributed by atoms with Gasteiger partial charge in [-0.15, -0.1) is 0 Å². The van der Waals surface area contributed by atoms with E-state index >= 15 is 0 Å². The highest BCUT2D eigenvalue weighted by Gasteiger charge is 1.90. The molecule has 0 rings (SSSR count). The van der Waals surface area contributed by atoms with Crippen molar-refractivity contribution in [1.29, 1.82) is 0 Å². The van der Waals surface area contributed by atoms with Gasteiger partial charge in [0, 0.05) is 11.8 Å². The van der Waals surface area contributed by atoms with Gasteiger partial charge >= 0.3 is 0 Å². The summed E-state index contributed by atoms with van der Waals surface area (Å²) < 4.78 is 0. The van der Waals surface area contributed by atoms with E-state index in [2.05, 4.69) is 10.5 Å². The number of carbonyl (C=O) groups is 1. The fourth-order valence-corrected chi connectivity index (χ4v) is 0.663. The molecule has 0 heterocycles. The van der Waals surface area contributed by atoms with Gasteiger partial charge in [-0.2, -0.15) is 5.10 Å². The number of amidine groups is 1. The van der Waals surface area contributed by atoms with Crippen LogP contribution < -0.4 is 11.2 Å². The maximum absolute atomic E-state index is 10.6. The molecule has 3 N–H and O–H groups in total. The average Bonchev–Trinajstić information content (AvgIpc) is 1.99. The van der Waals surface area contributed by atoms with E-state index in [-0.39, 0.29) is 5.78 Å². The second-order valence-electron chi connectivity index (χ2n) is 2.20. The Morgan fingerprint density at radius 2 is 2.17 bits per heavy atom. The van der Waals surface area contributed by atoms with E-state index in [1.54, 1.807) is 6.92 Å². The first kappa shape index (κ1) is 11.0. The Hall–Kier alpha value is -0.970. The fraction of sp³-hybridized carbons (Fsp3) is 0.429. The summed E-state index contributed by atoms with van der Waals surface area (Å²) in [6.45, 7) is 3.23. The van der Waals surface area contributed by atoms with Crippen LogP contribution in [0.25, 0.3) is 0 Å². The van der Waals surface area contributed by atoms with Gasteiger partial charge in [-0.1, -0.05) is 11.8 Å². The fourth-order valence-electron chi connectivity index (χ4n) is 0.526. The van der Waals surface area contributed by atoms with Crippen LogP contribution >= 0.6 is 11.8 Å². The first-order valence-electron chi connectivity index (χ1n) is 3.38. The molecule has 0 unspecified atom stereocenters. The molecule has 0 aromatic carbocycles. The Kier molecular flexibility index (Phi) is 5.19. The molecule has 0 aliphatic rings. The van der Waals surface area contributed by atoms with Crippen LogP contribution in [-0.2, 0) is 4.79 Å². The van der Waals surface area contributed by atoms with Gasteiger partial charge in [0.15, 0.2) is 11.0 Å². The molecule has 0 aromatic heterocycles. The van der Waals surface area contributed by atoms with E-state index in [1.165, 1.54) is 24.8 Å². The summed E-state index contributed by atoms with van der Waals surface area (Å²) in [5, 5.41) is 4.22. The van der Waals surface area contributed by atoms with Crippen molar-refractivity contribution in [3.8, 4) is 0 Å². The first-order chi connectivity index (χ1) is 5.56. The molecular formula is C7H13N3OS. The molecule has 12 heavy (non-hydrogen) atoms. The van der Waals surface area contributed by atoms with Crippen LogP contribution in [0.15, 0.2) is 16.9 Å². The molecule has 0 radical (unpaired) electrons. The maximum Gasteiger partial charge on any atom is 0.177 e. The first-order valence-corrected chi connectivity index (χ1v) is 4.60. The number of ketones is 1.